The zero-order valence-electron chi connectivity index (χ0n) is 8.98. The largest absolute Gasteiger partial charge is 0.346 e. The van der Waals surface area contributed by atoms with E-state index >= 15 is 0 Å². The van der Waals surface area contributed by atoms with Gasteiger partial charge >= 0.3 is 0 Å². The summed E-state index contributed by atoms with van der Waals surface area (Å²) in [6.45, 7) is 3.50. The van der Waals surface area contributed by atoms with Gasteiger partial charge in [0, 0.05) is 16.4 Å². The van der Waals surface area contributed by atoms with E-state index in [0.717, 1.165) is 6.07 Å². The number of carbonyl (C=O) groups excluding carboxylic acids is 1. The van der Waals surface area contributed by atoms with E-state index in [1.54, 1.807) is 13.8 Å². The number of halogens is 3. The molecular formula is C11H12Cl2FNO. The van der Waals surface area contributed by atoms with Crippen LogP contribution in [0.4, 0.5) is 4.39 Å². The minimum absolute atomic E-state index is 0.0781. The van der Waals surface area contributed by atoms with E-state index in [1.807, 2.05) is 0 Å². The Balaban J connectivity index is 2.93. The fourth-order valence-corrected chi connectivity index (χ4v) is 1.32. The van der Waals surface area contributed by atoms with Gasteiger partial charge in [-0.3, -0.25) is 4.79 Å². The lowest BCUT2D eigenvalue weighted by Crippen LogP contribution is -2.45. The zero-order chi connectivity index (χ0) is 12.3. The molecule has 1 N–H and O–H groups in total. The minimum atomic E-state index is -0.604. The first-order valence-corrected chi connectivity index (χ1v) is 5.60. The van der Waals surface area contributed by atoms with Crippen molar-refractivity contribution >= 4 is 29.1 Å². The molecule has 0 aliphatic carbocycles. The SMILES string of the molecule is CC(C)(CCl)NC(=O)c1cc(Cl)ccc1F. The maximum absolute atomic E-state index is 13.3. The Labute approximate surface area is 104 Å². The monoisotopic (exact) mass is 263 g/mol. The number of carbonyl (C=O) groups is 1. The number of rotatable bonds is 3. The lowest BCUT2D eigenvalue weighted by molar-refractivity contribution is 0.0916. The van der Waals surface area contributed by atoms with E-state index in [2.05, 4.69) is 5.32 Å². The van der Waals surface area contributed by atoms with Gasteiger partial charge < -0.3 is 5.32 Å². The van der Waals surface area contributed by atoms with Crippen molar-refractivity contribution in [2.24, 2.45) is 0 Å². The van der Waals surface area contributed by atoms with Crippen molar-refractivity contribution in [1.29, 1.82) is 0 Å². The second-order valence-corrected chi connectivity index (χ2v) is 4.80. The van der Waals surface area contributed by atoms with Gasteiger partial charge in [-0.25, -0.2) is 4.39 Å². The standard InChI is InChI=1S/C11H12Cl2FNO/c1-11(2,6-12)15-10(16)8-5-7(13)3-4-9(8)14/h3-5H,6H2,1-2H3,(H,15,16). The van der Waals surface area contributed by atoms with E-state index in [0.29, 0.717) is 5.02 Å². The number of benzene rings is 1. The topological polar surface area (TPSA) is 29.1 Å². The third-order valence-corrected chi connectivity index (χ3v) is 2.86. The van der Waals surface area contributed by atoms with Gasteiger partial charge in [-0.05, 0) is 32.0 Å². The predicted octanol–water partition coefficient (Wildman–Crippen LogP) is 3.23. The fraction of sp³-hybridized carbons (Fsp3) is 0.364. The summed E-state index contributed by atoms with van der Waals surface area (Å²) in [5.41, 5.74) is -0.668. The average Bonchev–Trinajstić information content (AvgIpc) is 2.21. The van der Waals surface area contributed by atoms with Crippen molar-refractivity contribution < 1.29 is 9.18 Å². The summed E-state index contributed by atoms with van der Waals surface area (Å²) in [5, 5.41) is 2.94. The van der Waals surface area contributed by atoms with Crippen LogP contribution in [0.1, 0.15) is 24.2 Å². The molecule has 0 spiro atoms. The third-order valence-electron chi connectivity index (χ3n) is 1.96. The Morgan fingerprint density at radius 3 is 2.69 bits per heavy atom. The van der Waals surface area contributed by atoms with Gasteiger partial charge in [-0.2, -0.15) is 0 Å². The van der Waals surface area contributed by atoms with Crippen LogP contribution in [0.2, 0.25) is 5.02 Å². The van der Waals surface area contributed by atoms with Crippen LogP contribution in [0.15, 0.2) is 18.2 Å². The van der Waals surface area contributed by atoms with Crippen LogP contribution < -0.4 is 5.32 Å². The predicted molar refractivity (Wildman–Crippen MR) is 63.7 cm³/mol. The molecule has 5 heteroatoms. The molecule has 2 nitrogen and oxygen atoms in total. The van der Waals surface area contributed by atoms with E-state index in [1.165, 1.54) is 12.1 Å². The highest BCUT2D eigenvalue weighted by molar-refractivity contribution is 6.31. The normalized spacial score (nSPS) is 11.3. The molecule has 0 radical (unpaired) electrons. The number of nitrogens with one attached hydrogen (secondary N) is 1. The molecule has 1 rings (SSSR count). The molecule has 0 aliphatic rings. The van der Waals surface area contributed by atoms with Gasteiger partial charge in [0.15, 0.2) is 0 Å². The highest BCUT2D eigenvalue weighted by Gasteiger charge is 2.21. The summed E-state index contributed by atoms with van der Waals surface area (Å²) in [4.78, 5) is 11.7. The zero-order valence-corrected chi connectivity index (χ0v) is 10.5. The molecule has 0 saturated heterocycles. The van der Waals surface area contributed by atoms with Crippen LogP contribution in [0.25, 0.3) is 0 Å². The van der Waals surface area contributed by atoms with Gasteiger partial charge in [0.1, 0.15) is 5.82 Å². The number of amides is 1. The summed E-state index contributed by atoms with van der Waals surface area (Å²) in [7, 11) is 0. The minimum Gasteiger partial charge on any atom is -0.346 e. The van der Waals surface area contributed by atoms with E-state index in [9.17, 15) is 9.18 Å². The molecule has 1 aromatic rings. The third kappa shape index (κ3) is 3.35. The first-order valence-electron chi connectivity index (χ1n) is 4.69. The molecule has 0 aliphatic heterocycles. The van der Waals surface area contributed by atoms with Crippen molar-refractivity contribution in [1.82, 2.24) is 5.32 Å². The Kier molecular flexibility index (Phi) is 4.16. The van der Waals surface area contributed by atoms with E-state index in [4.69, 9.17) is 23.2 Å². The lowest BCUT2D eigenvalue weighted by Gasteiger charge is -2.23. The van der Waals surface area contributed by atoms with Crippen LogP contribution in [0.5, 0.6) is 0 Å². The van der Waals surface area contributed by atoms with E-state index in [-0.39, 0.29) is 11.4 Å². The van der Waals surface area contributed by atoms with Crippen molar-refractivity contribution in [3.8, 4) is 0 Å². The highest BCUT2D eigenvalue weighted by Crippen LogP contribution is 2.16. The summed E-state index contributed by atoms with van der Waals surface area (Å²) in [5.74, 6) is -0.890. The maximum Gasteiger partial charge on any atom is 0.254 e. The van der Waals surface area contributed by atoms with Crippen molar-refractivity contribution in [3.63, 3.8) is 0 Å². The van der Waals surface area contributed by atoms with Crippen LogP contribution in [-0.2, 0) is 0 Å². The second kappa shape index (κ2) is 5.02. The Bertz CT molecular complexity index is 407. The van der Waals surface area contributed by atoms with Gasteiger partial charge in [-0.1, -0.05) is 11.6 Å². The molecule has 0 atom stereocenters. The number of hydrogen-bond donors (Lipinski definition) is 1. The van der Waals surface area contributed by atoms with Crippen molar-refractivity contribution in [2.45, 2.75) is 19.4 Å². The summed E-state index contributed by atoms with van der Waals surface area (Å²) in [6, 6.07) is 3.84. The molecule has 88 valence electrons. The highest BCUT2D eigenvalue weighted by atomic mass is 35.5. The number of alkyl halides is 1. The molecule has 0 fully saturated rings. The van der Waals surface area contributed by atoms with Gasteiger partial charge in [0.2, 0.25) is 0 Å². The quantitative estimate of drug-likeness (QED) is 0.834. The summed E-state index contributed by atoms with van der Waals surface area (Å²) >= 11 is 11.4. The molecule has 0 saturated carbocycles. The van der Waals surface area contributed by atoms with Gasteiger partial charge in [0.05, 0.1) is 5.56 Å². The second-order valence-electron chi connectivity index (χ2n) is 4.10. The molecule has 16 heavy (non-hydrogen) atoms. The Morgan fingerprint density at radius 1 is 1.50 bits per heavy atom. The smallest absolute Gasteiger partial charge is 0.254 e. The van der Waals surface area contributed by atoms with Crippen LogP contribution in [-0.4, -0.2) is 17.3 Å². The molecule has 0 heterocycles. The van der Waals surface area contributed by atoms with Crippen LogP contribution in [0.3, 0.4) is 0 Å². The molecule has 0 bridgehead atoms. The van der Waals surface area contributed by atoms with Crippen molar-refractivity contribution in [3.05, 3.63) is 34.6 Å². The summed E-state index contributed by atoms with van der Waals surface area (Å²) in [6.07, 6.45) is 0. The first-order chi connectivity index (χ1) is 7.35. The van der Waals surface area contributed by atoms with Crippen molar-refractivity contribution in [2.75, 3.05) is 5.88 Å². The molecule has 0 unspecified atom stereocenters. The lowest BCUT2D eigenvalue weighted by atomic mass is 10.1. The van der Waals surface area contributed by atoms with Gasteiger partial charge in [0.25, 0.3) is 5.91 Å². The van der Waals surface area contributed by atoms with Gasteiger partial charge in [-0.15, -0.1) is 11.6 Å². The van der Waals surface area contributed by atoms with E-state index < -0.39 is 17.3 Å². The Hall–Kier alpha value is -0.800. The maximum atomic E-state index is 13.3. The summed E-state index contributed by atoms with van der Waals surface area (Å²) < 4.78 is 13.3. The van der Waals surface area contributed by atoms with Crippen LogP contribution >= 0.6 is 23.2 Å². The molecular weight excluding hydrogens is 252 g/mol. The van der Waals surface area contributed by atoms with Crippen LogP contribution in [0, 0.1) is 5.82 Å². The average molecular weight is 264 g/mol. The molecule has 1 amide bonds. The first kappa shape index (κ1) is 13.3. The Morgan fingerprint density at radius 2 is 2.12 bits per heavy atom. The fourth-order valence-electron chi connectivity index (χ4n) is 1.08. The molecule has 1 aromatic carbocycles. The number of hydrogen-bond acceptors (Lipinski definition) is 1. The molecule has 0 aromatic heterocycles.